The second-order valence-corrected chi connectivity index (χ2v) is 5.07. The van der Waals surface area contributed by atoms with E-state index in [1.54, 1.807) is 10.9 Å². The fourth-order valence-electron chi connectivity index (χ4n) is 2.89. The van der Waals surface area contributed by atoms with Crippen LogP contribution in [-0.2, 0) is 9.47 Å². The first-order chi connectivity index (χ1) is 8.81. The largest absolute Gasteiger partial charge is 0.394 e. The Morgan fingerprint density at radius 1 is 1.28 bits per heavy atom. The third-order valence-electron chi connectivity index (χ3n) is 3.76. The van der Waals surface area contributed by atoms with Gasteiger partial charge in [-0.3, -0.25) is 0 Å². The number of aromatic nitrogens is 3. The number of aliphatic hydroxyl groups is 1. The molecule has 0 aliphatic carbocycles. The van der Waals surface area contributed by atoms with Crippen molar-refractivity contribution in [3.63, 3.8) is 0 Å². The average Bonchev–Trinajstić information content (AvgIpc) is 2.93. The van der Waals surface area contributed by atoms with Gasteiger partial charge < -0.3 is 14.6 Å². The zero-order valence-corrected chi connectivity index (χ0v) is 10.4. The lowest BCUT2D eigenvalue weighted by Crippen LogP contribution is -2.47. The van der Waals surface area contributed by atoms with E-state index < -0.39 is 5.79 Å². The van der Waals surface area contributed by atoms with Gasteiger partial charge in [-0.25, -0.2) is 4.68 Å². The van der Waals surface area contributed by atoms with Crippen LogP contribution >= 0.6 is 0 Å². The number of aliphatic hydroxyl groups excluding tert-OH is 1. The molecule has 3 heterocycles. The quantitative estimate of drug-likeness (QED) is 0.858. The van der Waals surface area contributed by atoms with Crippen LogP contribution in [0.25, 0.3) is 0 Å². The summed E-state index contributed by atoms with van der Waals surface area (Å²) in [6.45, 7) is 0.0686. The minimum Gasteiger partial charge on any atom is -0.394 e. The fraction of sp³-hybridized carbons (Fsp3) is 0.833. The normalized spacial score (nSPS) is 36.9. The smallest absolute Gasteiger partial charge is 0.171 e. The maximum absolute atomic E-state index is 9.25. The second-order valence-electron chi connectivity index (χ2n) is 5.07. The van der Waals surface area contributed by atoms with Crippen LogP contribution in [0.15, 0.2) is 12.4 Å². The van der Waals surface area contributed by atoms with Gasteiger partial charge in [-0.1, -0.05) is 5.21 Å². The van der Waals surface area contributed by atoms with Crippen LogP contribution in [0, 0.1) is 0 Å². The van der Waals surface area contributed by atoms with E-state index in [0.29, 0.717) is 0 Å². The zero-order chi connectivity index (χ0) is 12.4. The summed E-state index contributed by atoms with van der Waals surface area (Å²) in [5, 5.41) is 17.1. The van der Waals surface area contributed by atoms with E-state index in [0.717, 1.165) is 38.5 Å². The molecule has 6 nitrogen and oxygen atoms in total. The van der Waals surface area contributed by atoms with E-state index in [9.17, 15) is 5.11 Å². The van der Waals surface area contributed by atoms with Crippen molar-refractivity contribution in [2.75, 3.05) is 6.61 Å². The molecule has 1 aromatic rings. The van der Waals surface area contributed by atoms with Crippen molar-refractivity contribution in [2.45, 2.75) is 56.6 Å². The molecule has 6 heteroatoms. The molecule has 3 rings (SSSR count). The van der Waals surface area contributed by atoms with Crippen LogP contribution in [0.2, 0.25) is 0 Å². The van der Waals surface area contributed by atoms with Gasteiger partial charge in [-0.05, 0) is 25.7 Å². The lowest BCUT2D eigenvalue weighted by molar-refractivity contribution is -0.332. The van der Waals surface area contributed by atoms with Gasteiger partial charge in [0.05, 0.1) is 18.9 Å². The molecule has 100 valence electrons. The van der Waals surface area contributed by atoms with Gasteiger partial charge in [0.15, 0.2) is 12.0 Å². The number of hydrogen-bond acceptors (Lipinski definition) is 5. The summed E-state index contributed by atoms with van der Waals surface area (Å²) in [5.41, 5.74) is 0. The molecule has 0 saturated carbocycles. The maximum atomic E-state index is 9.25. The van der Waals surface area contributed by atoms with Crippen LogP contribution in [0.5, 0.6) is 0 Å². The molecule has 1 aromatic heterocycles. The van der Waals surface area contributed by atoms with Crippen molar-refractivity contribution in [3.05, 3.63) is 12.4 Å². The molecule has 0 aromatic carbocycles. The predicted molar refractivity (Wildman–Crippen MR) is 62.5 cm³/mol. The predicted octanol–water partition coefficient (Wildman–Crippen LogP) is 1.23. The molecule has 2 aliphatic rings. The Balaban J connectivity index is 1.72. The first kappa shape index (κ1) is 12.1. The Bertz CT molecular complexity index is 380. The fourth-order valence-corrected chi connectivity index (χ4v) is 2.89. The summed E-state index contributed by atoms with van der Waals surface area (Å²) in [6.07, 6.45) is 9.00. The molecular formula is C12H19N3O3. The van der Waals surface area contributed by atoms with E-state index >= 15 is 0 Å². The molecule has 3 atom stereocenters. The molecule has 0 unspecified atom stereocenters. The van der Waals surface area contributed by atoms with Crippen molar-refractivity contribution >= 4 is 0 Å². The van der Waals surface area contributed by atoms with Gasteiger partial charge in [0.1, 0.15) is 0 Å². The molecule has 2 fully saturated rings. The Morgan fingerprint density at radius 2 is 2.11 bits per heavy atom. The van der Waals surface area contributed by atoms with Crippen molar-refractivity contribution in [1.82, 2.24) is 15.0 Å². The van der Waals surface area contributed by atoms with E-state index in [1.165, 1.54) is 0 Å². The topological polar surface area (TPSA) is 69.4 Å². The molecule has 0 radical (unpaired) electrons. The molecular weight excluding hydrogens is 234 g/mol. The monoisotopic (exact) mass is 253 g/mol. The van der Waals surface area contributed by atoms with E-state index in [1.807, 2.05) is 6.20 Å². The van der Waals surface area contributed by atoms with Crippen LogP contribution in [-0.4, -0.2) is 38.6 Å². The summed E-state index contributed by atoms with van der Waals surface area (Å²) in [6, 6.07) is 0. The van der Waals surface area contributed by atoms with Crippen LogP contribution in [0.3, 0.4) is 0 Å². The third-order valence-corrected chi connectivity index (χ3v) is 3.76. The Labute approximate surface area is 106 Å². The molecule has 1 N–H and O–H groups in total. The van der Waals surface area contributed by atoms with E-state index in [-0.39, 0.29) is 18.9 Å². The van der Waals surface area contributed by atoms with Gasteiger partial charge in [0.2, 0.25) is 0 Å². The lowest BCUT2D eigenvalue weighted by Gasteiger charge is -2.45. The highest BCUT2D eigenvalue weighted by atomic mass is 16.7. The summed E-state index contributed by atoms with van der Waals surface area (Å²) >= 11 is 0. The Kier molecular flexibility index (Phi) is 3.32. The number of rotatable bonds is 2. The maximum Gasteiger partial charge on any atom is 0.171 e. The molecule has 18 heavy (non-hydrogen) atoms. The van der Waals surface area contributed by atoms with Crippen LogP contribution < -0.4 is 0 Å². The highest BCUT2D eigenvalue weighted by molar-refractivity contribution is 4.83. The third kappa shape index (κ3) is 2.28. The minimum atomic E-state index is -0.527. The summed E-state index contributed by atoms with van der Waals surface area (Å²) < 4.78 is 13.8. The van der Waals surface area contributed by atoms with E-state index in [4.69, 9.17) is 9.47 Å². The highest BCUT2D eigenvalue weighted by Gasteiger charge is 2.43. The minimum absolute atomic E-state index is 0.0686. The standard InChI is InChI=1S/C12H19N3O3/c16-9-10-3-1-5-12(17-10)6-2-4-11(18-12)15-8-7-13-14-15/h7-8,10-11,16H,1-6,9H2/t10-,11-,12-/m0/s1. The first-order valence-electron chi connectivity index (χ1n) is 6.64. The number of hydrogen-bond donors (Lipinski definition) is 1. The van der Waals surface area contributed by atoms with Crippen molar-refractivity contribution in [2.24, 2.45) is 0 Å². The SMILES string of the molecule is OC[C@@H]1CCC[C@]2(CCC[C@@H](n3ccnn3)O2)O1. The van der Waals surface area contributed by atoms with E-state index in [2.05, 4.69) is 10.3 Å². The Hall–Kier alpha value is -0.980. The molecule has 2 aliphatic heterocycles. The molecule has 1 spiro atoms. The lowest BCUT2D eigenvalue weighted by atomic mass is 9.94. The van der Waals surface area contributed by atoms with Gasteiger partial charge >= 0.3 is 0 Å². The van der Waals surface area contributed by atoms with Crippen molar-refractivity contribution in [1.29, 1.82) is 0 Å². The van der Waals surface area contributed by atoms with Crippen LogP contribution in [0.1, 0.15) is 44.8 Å². The van der Waals surface area contributed by atoms with Crippen LogP contribution in [0.4, 0.5) is 0 Å². The van der Waals surface area contributed by atoms with Gasteiger partial charge in [-0.15, -0.1) is 5.10 Å². The second kappa shape index (κ2) is 4.95. The molecule has 2 saturated heterocycles. The van der Waals surface area contributed by atoms with Crippen molar-refractivity contribution < 1.29 is 14.6 Å². The molecule has 0 bridgehead atoms. The highest BCUT2D eigenvalue weighted by Crippen LogP contribution is 2.41. The zero-order valence-electron chi connectivity index (χ0n) is 10.4. The molecule has 0 amide bonds. The summed E-state index contributed by atoms with van der Waals surface area (Å²) in [7, 11) is 0. The number of nitrogens with zero attached hydrogens (tertiary/aromatic N) is 3. The summed E-state index contributed by atoms with van der Waals surface area (Å²) in [4.78, 5) is 0. The van der Waals surface area contributed by atoms with Gasteiger partial charge in [0.25, 0.3) is 0 Å². The summed E-state index contributed by atoms with van der Waals surface area (Å²) in [5.74, 6) is -0.527. The number of ether oxygens (including phenoxy) is 2. The van der Waals surface area contributed by atoms with Gasteiger partial charge in [0, 0.05) is 19.0 Å². The first-order valence-corrected chi connectivity index (χ1v) is 6.64. The average molecular weight is 253 g/mol. The van der Waals surface area contributed by atoms with Crippen molar-refractivity contribution in [3.8, 4) is 0 Å². The van der Waals surface area contributed by atoms with Gasteiger partial charge in [-0.2, -0.15) is 0 Å². The Morgan fingerprint density at radius 3 is 2.83 bits per heavy atom.